The van der Waals surface area contributed by atoms with E-state index in [0.717, 1.165) is 12.8 Å². The van der Waals surface area contributed by atoms with E-state index in [2.05, 4.69) is 26.5 Å². The second-order valence-electron chi connectivity index (χ2n) is 2.34. The minimum absolute atomic E-state index is 0.851. The van der Waals surface area contributed by atoms with Crippen molar-refractivity contribution in [3.8, 4) is 5.92 Å². The molecule has 0 rings (SSSR count). The zero-order chi connectivity index (χ0) is 8.95. The third-order valence-electron chi connectivity index (χ3n) is 1.41. The molecule has 0 aromatic carbocycles. The molecule has 0 aromatic heterocycles. The zero-order valence-electron chi connectivity index (χ0n) is 7.33. The van der Waals surface area contributed by atoms with Crippen molar-refractivity contribution in [1.82, 2.24) is 0 Å². The first-order valence-electron chi connectivity index (χ1n) is 4.08. The molecule has 0 fully saturated rings. The van der Waals surface area contributed by atoms with E-state index in [0.29, 0.717) is 0 Å². The fourth-order valence-corrected chi connectivity index (χ4v) is 0.817. The van der Waals surface area contributed by atoms with Gasteiger partial charge in [0.25, 0.3) is 0 Å². The Morgan fingerprint density at radius 3 is 2.18 bits per heavy atom. The van der Waals surface area contributed by atoms with Crippen LogP contribution in [-0.2, 0) is 16.3 Å². The van der Waals surface area contributed by atoms with E-state index in [4.69, 9.17) is 6.42 Å². The van der Waals surface area contributed by atoms with Crippen LogP contribution in [0.15, 0.2) is 0 Å². The second-order valence-corrected chi connectivity index (χ2v) is 2.34. The quantitative estimate of drug-likeness (QED) is 0.308. The number of hydrogen-bond acceptors (Lipinski definition) is 0. The van der Waals surface area contributed by atoms with Gasteiger partial charge in [0.05, 0.1) is 0 Å². The van der Waals surface area contributed by atoms with Gasteiger partial charge in [-0.1, -0.05) is 32.6 Å². The first-order valence-corrected chi connectivity index (χ1v) is 11.0. The summed E-state index contributed by atoms with van der Waals surface area (Å²) in [5.74, 6) is 2.39. The molecule has 0 N–H and O–H groups in total. The number of rotatable bonds is 5. The molecule has 0 aliphatic heterocycles. The van der Waals surface area contributed by atoms with Crippen molar-refractivity contribution in [2.75, 3.05) is 0 Å². The number of unbranched alkanes of at least 4 members (excludes halogenated alkanes) is 5. The van der Waals surface area contributed by atoms with Gasteiger partial charge in [0.2, 0.25) is 0 Å². The van der Waals surface area contributed by atoms with Gasteiger partial charge < -0.3 is 12.3 Å². The van der Waals surface area contributed by atoms with Crippen LogP contribution in [0.5, 0.6) is 0 Å². The van der Waals surface area contributed by atoms with E-state index < -0.39 is 0 Å². The Kier molecular flexibility index (Phi) is 21.9. The molecule has 0 radical (unpaired) electrons. The van der Waals surface area contributed by atoms with Gasteiger partial charge in [0.1, 0.15) is 0 Å². The zero-order valence-corrected chi connectivity index (χ0v) is 11.9. The van der Waals surface area contributed by atoms with Crippen molar-refractivity contribution in [2.24, 2.45) is 0 Å². The summed E-state index contributed by atoms with van der Waals surface area (Å²) < 4.78 is 0. The van der Waals surface area contributed by atoms with E-state index >= 15 is 0 Å². The Balaban J connectivity index is 0. The van der Waals surface area contributed by atoms with Crippen molar-refractivity contribution in [1.29, 1.82) is 0 Å². The van der Waals surface area contributed by atoms with Gasteiger partial charge in [-0.25, -0.2) is 0 Å². The number of hydrogen-bond donors (Lipinski definition) is 0. The molecule has 0 heterocycles. The standard InChI is InChI=1S/C9H15.BrH.Zn/c1-3-5-7-9-8-6-4-2;;/h3,5-9H2,1H3;1H;/q-1;;+2/p-1. The Labute approximate surface area is 87.6 Å². The van der Waals surface area contributed by atoms with E-state index in [1.54, 1.807) is 0 Å². The molecule has 0 bridgehead atoms. The van der Waals surface area contributed by atoms with Crippen LogP contribution < -0.4 is 0 Å². The van der Waals surface area contributed by atoms with Gasteiger partial charge >= 0.3 is 30.0 Å². The molecule has 0 aliphatic carbocycles. The molecular formula is C9H15BrZn. The average Bonchev–Trinajstić information content (AvgIpc) is 2.08. The van der Waals surface area contributed by atoms with Gasteiger partial charge in [-0.05, 0) is 12.8 Å². The van der Waals surface area contributed by atoms with Gasteiger partial charge in [-0.15, -0.1) is 0 Å². The van der Waals surface area contributed by atoms with Gasteiger partial charge in [-0.2, -0.15) is 0 Å². The van der Waals surface area contributed by atoms with Crippen LogP contribution >= 0.6 is 13.6 Å². The summed E-state index contributed by atoms with van der Waals surface area (Å²) in [6.45, 7) is 2.21. The Hall–Kier alpha value is 0.663. The molecule has 0 saturated heterocycles. The van der Waals surface area contributed by atoms with Crippen LogP contribution in [0.25, 0.3) is 0 Å². The van der Waals surface area contributed by atoms with Crippen LogP contribution in [0.2, 0.25) is 0 Å². The van der Waals surface area contributed by atoms with Crippen LogP contribution in [-0.4, -0.2) is 0 Å². The predicted octanol–water partition coefficient (Wildman–Crippen LogP) is 3.78. The third-order valence-corrected chi connectivity index (χ3v) is 1.41. The van der Waals surface area contributed by atoms with E-state index in [1.807, 2.05) is 0 Å². The molecule has 0 unspecified atom stereocenters. The van der Waals surface area contributed by atoms with Crippen molar-refractivity contribution in [2.45, 2.75) is 45.4 Å². The van der Waals surface area contributed by atoms with Crippen molar-refractivity contribution >= 4 is 13.6 Å². The molecule has 0 nitrogen and oxygen atoms in total. The van der Waals surface area contributed by atoms with Crippen LogP contribution in [0.1, 0.15) is 45.4 Å². The average molecular weight is 269 g/mol. The Morgan fingerprint density at radius 2 is 1.73 bits per heavy atom. The first-order chi connectivity index (χ1) is 5.41. The van der Waals surface area contributed by atoms with Crippen LogP contribution in [0, 0.1) is 12.3 Å². The van der Waals surface area contributed by atoms with Crippen molar-refractivity contribution < 1.29 is 16.3 Å². The molecule has 0 spiro atoms. The monoisotopic (exact) mass is 266 g/mol. The first kappa shape index (κ1) is 14.2. The van der Waals surface area contributed by atoms with Gasteiger partial charge in [0.15, 0.2) is 0 Å². The predicted molar refractivity (Wildman–Crippen MR) is 49.4 cm³/mol. The maximum atomic E-state index is 6.63. The molecular weight excluding hydrogens is 253 g/mol. The van der Waals surface area contributed by atoms with E-state index in [-0.39, 0.29) is 0 Å². The summed E-state index contributed by atoms with van der Waals surface area (Å²) in [6.07, 6.45) is 13.9. The summed E-state index contributed by atoms with van der Waals surface area (Å²) in [7, 11) is 0. The molecule has 0 saturated carbocycles. The van der Waals surface area contributed by atoms with Gasteiger partial charge in [0, 0.05) is 0 Å². The molecule has 0 amide bonds. The second kappa shape index (κ2) is 17.0. The molecule has 60 valence electrons. The van der Waals surface area contributed by atoms with E-state index in [1.165, 1.54) is 42.0 Å². The molecule has 0 atom stereocenters. The summed E-state index contributed by atoms with van der Waals surface area (Å²) in [5.41, 5.74) is 0. The Bertz CT molecular complexity index is 86.1. The molecule has 11 heavy (non-hydrogen) atoms. The summed E-state index contributed by atoms with van der Waals surface area (Å²) in [4.78, 5) is 0. The van der Waals surface area contributed by atoms with Crippen LogP contribution in [0.3, 0.4) is 0 Å². The van der Waals surface area contributed by atoms with Crippen molar-refractivity contribution in [3.05, 3.63) is 6.42 Å². The summed E-state index contributed by atoms with van der Waals surface area (Å²) in [5, 5.41) is 0. The summed E-state index contributed by atoms with van der Waals surface area (Å²) in [6, 6.07) is 0. The molecule has 0 aromatic rings. The fraction of sp³-hybridized carbons (Fsp3) is 0.778. The SMILES string of the molecule is [C-]#CCCCCCCC.[Zn+][Br]. The van der Waals surface area contributed by atoms with E-state index in [9.17, 15) is 0 Å². The van der Waals surface area contributed by atoms with Crippen molar-refractivity contribution in [3.63, 3.8) is 0 Å². The fourth-order valence-electron chi connectivity index (χ4n) is 0.817. The normalized spacial score (nSPS) is 7.91. The Morgan fingerprint density at radius 1 is 1.18 bits per heavy atom. The van der Waals surface area contributed by atoms with Crippen LogP contribution in [0.4, 0.5) is 0 Å². The molecule has 2 heteroatoms. The summed E-state index contributed by atoms with van der Waals surface area (Å²) >= 11 is 4.25. The molecule has 0 aliphatic rings. The maximum absolute atomic E-state index is 6.63. The topological polar surface area (TPSA) is 0 Å². The minimum atomic E-state index is 0.851. The van der Waals surface area contributed by atoms with Gasteiger partial charge in [-0.3, -0.25) is 0 Å². The number of halogens is 1. The third kappa shape index (κ3) is 18.0.